The van der Waals surface area contributed by atoms with Crippen molar-refractivity contribution in [3.63, 3.8) is 0 Å². The summed E-state index contributed by atoms with van der Waals surface area (Å²) in [6, 6.07) is 4.88. The Hall–Kier alpha value is -1.09. The van der Waals surface area contributed by atoms with Gasteiger partial charge in [-0.1, -0.05) is 12.1 Å². The van der Waals surface area contributed by atoms with Gasteiger partial charge in [0.2, 0.25) is 0 Å². The first-order valence-electron chi connectivity index (χ1n) is 4.54. The molecule has 0 unspecified atom stereocenters. The number of hydrogen-bond donors (Lipinski definition) is 1. The first kappa shape index (κ1) is 11.0. The molecule has 1 rings (SSSR count). The maximum absolute atomic E-state index is 13.3. The predicted octanol–water partition coefficient (Wildman–Crippen LogP) is 2.11. The van der Waals surface area contributed by atoms with Crippen molar-refractivity contribution in [2.24, 2.45) is 5.73 Å². The van der Waals surface area contributed by atoms with Crippen LogP contribution in [0.15, 0.2) is 18.2 Å². The lowest BCUT2D eigenvalue weighted by Crippen LogP contribution is -2.34. The second kappa shape index (κ2) is 3.96. The highest BCUT2D eigenvalue weighted by molar-refractivity contribution is 5.35. The third-order valence-electron chi connectivity index (χ3n) is 1.90. The molecule has 0 spiro atoms. The van der Waals surface area contributed by atoms with Crippen LogP contribution in [0, 0.1) is 5.82 Å². The van der Waals surface area contributed by atoms with Crippen molar-refractivity contribution in [3.05, 3.63) is 29.6 Å². The molecular weight excluding hydrogens is 181 g/mol. The van der Waals surface area contributed by atoms with Crippen molar-refractivity contribution in [2.45, 2.75) is 25.8 Å². The van der Waals surface area contributed by atoms with Crippen molar-refractivity contribution >= 4 is 0 Å². The predicted molar refractivity (Wildman–Crippen MR) is 54.9 cm³/mol. The quantitative estimate of drug-likeness (QED) is 0.805. The number of benzene rings is 1. The Balaban J connectivity index is 3.02. The van der Waals surface area contributed by atoms with Gasteiger partial charge in [-0.15, -0.1) is 0 Å². The largest absolute Gasteiger partial charge is 0.493 e. The van der Waals surface area contributed by atoms with E-state index in [9.17, 15) is 4.39 Å². The van der Waals surface area contributed by atoms with Gasteiger partial charge in [0.1, 0.15) is 0 Å². The monoisotopic (exact) mass is 197 g/mol. The smallest absolute Gasteiger partial charge is 0.165 e. The normalized spacial score (nSPS) is 11.5. The Bertz CT molecular complexity index is 318. The molecule has 1 aromatic rings. The second-order valence-corrected chi connectivity index (χ2v) is 4.10. The number of methoxy groups -OCH3 is 1. The van der Waals surface area contributed by atoms with Crippen LogP contribution < -0.4 is 10.5 Å². The van der Waals surface area contributed by atoms with Gasteiger partial charge >= 0.3 is 0 Å². The summed E-state index contributed by atoms with van der Waals surface area (Å²) in [4.78, 5) is 0. The molecular formula is C11H16FNO. The van der Waals surface area contributed by atoms with E-state index in [0.29, 0.717) is 12.2 Å². The molecule has 14 heavy (non-hydrogen) atoms. The molecule has 0 saturated carbocycles. The zero-order chi connectivity index (χ0) is 10.8. The molecule has 0 fully saturated rings. The van der Waals surface area contributed by atoms with Crippen molar-refractivity contribution in [1.29, 1.82) is 0 Å². The molecule has 0 aliphatic heterocycles. The minimum absolute atomic E-state index is 0.297. The summed E-state index contributed by atoms with van der Waals surface area (Å²) in [6.45, 7) is 3.80. The minimum Gasteiger partial charge on any atom is -0.493 e. The molecule has 3 heteroatoms. The molecule has 0 aliphatic carbocycles. The fourth-order valence-corrected chi connectivity index (χ4v) is 1.41. The summed E-state index contributed by atoms with van der Waals surface area (Å²) in [6.07, 6.45) is 0.591. The van der Waals surface area contributed by atoms with E-state index in [2.05, 4.69) is 0 Å². The van der Waals surface area contributed by atoms with Gasteiger partial charge in [0.05, 0.1) is 7.11 Å². The summed E-state index contributed by atoms with van der Waals surface area (Å²) in [5, 5.41) is 0. The zero-order valence-corrected chi connectivity index (χ0v) is 8.80. The number of rotatable bonds is 3. The molecule has 78 valence electrons. The van der Waals surface area contributed by atoms with Crippen molar-refractivity contribution in [1.82, 2.24) is 0 Å². The summed E-state index contributed by atoms with van der Waals surface area (Å²) < 4.78 is 18.3. The molecule has 0 aliphatic rings. The van der Waals surface area contributed by atoms with Gasteiger partial charge in [0.15, 0.2) is 11.6 Å². The van der Waals surface area contributed by atoms with Crippen LogP contribution in [0.3, 0.4) is 0 Å². The van der Waals surface area contributed by atoms with E-state index in [1.165, 1.54) is 13.2 Å². The SMILES string of the molecule is COc1c(F)cccc1CC(C)(C)N. The zero-order valence-electron chi connectivity index (χ0n) is 8.80. The summed E-state index contributed by atoms with van der Waals surface area (Å²) in [5.41, 5.74) is 6.31. The van der Waals surface area contributed by atoms with E-state index in [1.54, 1.807) is 6.07 Å². The Kier molecular flexibility index (Phi) is 3.11. The summed E-state index contributed by atoms with van der Waals surface area (Å²) >= 11 is 0. The fourth-order valence-electron chi connectivity index (χ4n) is 1.41. The molecule has 2 N–H and O–H groups in total. The first-order chi connectivity index (χ1) is 6.44. The van der Waals surface area contributed by atoms with Crippen LogP contribution in [0.5, 0.6) is 5.75 Å². The van der Waals surface area contributed by atoms with Crippen molar-refractivity contribution in [3.8, 4) is 5.75 Å². The molecule has 0 aromatic heterocycles. The van der Waals surface area contributed by atoms with E-state index in [-0.39, 0.29) is 11.4 Å². The number of hydrogen-bond acceptors (Lipinski definition) is 2. The number of nitrogens with two attached hydrogens (primary N) is 1. The van der Waals surface area contributed by atoms with Crippen molar-refractivity contribution < 1.29 is 9.13 Å². The van der Waals surface area contributed by atoms with Crippen molar-refractivity contribution in [2.75, 3.05) is 7.11 Å². The standard InChI is InChI=1S/C11H16FNO/c1-11(2,13)7-8-5-4-6-9(12)10(8)14-3/h4-6H,7,13H2,1-3H3. The molecule has 0 atom stereocenters. The van der Waals surface area contributed by atoms with Crippen LogP contribution in [0.1, 0.15) is 19.4 Å². The lowest BCUT2D eigenvalue weighted by molar-refractivity contribution is 0.376. The van der Waals surface area contributed by atoms with Crippen LogP contribution in [-0.2, 0) is 6.42 Å². The number of para-hydroxylation sites is 1. The summed E-state index contributed by atoms with van der Waals surface area (Å²) in [5.74, 6) is -0.0414. The van der Waals surface area contributed by atoms with Gasteiger partial charge < -0.3 is 10.5 Å². The Morgan fingerprint density at radius 1 is 1.43 bits per heavy atom. The van der Waals surface area contributed by atoms with Crippen LogP contribution in [0.2, 0.25) is 0 Å². The topological polar surface area (TPSA) is 35.2 Å². The third-order valence-corrected chi connectivity index (χ3v) is 1.90. The average Bonchev–Trinajstić information content (AvgIpc) is 2.01. The second-order valence-electron chi connectivity index (χ2n) is 4.10. The molecule has 0 radical (unpaired) electrons. The Morgan fingerprint density at radius 2 is 2.07 bits per heavy atom. The van der Waals surface area contributed by atoms with E-state index < -0.39 is 0 Å². The van der Waals surface area contributed by atoms with E-state index >= 15 is 0 Å². The van der Waals surface area contributed by atoms with Crippen LogP contribution in [0.4, 0.5) is 4.39 Å². The molecule has 1 aromatic carbocycles. The number of halogens is 1. The van der Waals surface area contributed by atoms with Crippen LogP contribution >= 0.6 is 0 Å². The van der Waals surface area contributed by atoms with Gasteiger partial charge in [-0.3, -0.25) is 0 Å². The highest BCUT2D eigenvalue weighted by Crippen LogP contribution is 2.25. The van der Waals surface area contributed by atoms with E-state index in [0.717, 1.165) is 5.56 Å². The van der Waals surface area contributed by atoms with Gasteiger partial charge in [-0.2, -0.15) is 0 Å². The van der Waals surface area contributed by atoms with Gasteiger partial charge in [0.25, 0.3) is 0 Å². The maximum atomic E-state index is 13.3. The molecule has 0 amide bonds. The van der Waals surface area contributed by atoms with E-state index in [1.807, 2.05) is 19.9 Å². The average molecular weight is 197 g/mol. The van der Waals surface area contributed by atoms with Gasteiger partial charge in [0, 0.05) is 5.54 Å². The highest BCUT2D eigenvalue weighted by Gasteiger charge is 2.16. The molecule has 2 nitrogen and oxygen atoms in total. The molecule has 0 saturated heterocycles. The lowest BCUT2D eigenvalue weighted by atomic mass is 9.95. The maximum Gasteiger partial charge on any atom is 0.165 e. The fraction of sp³-hybridized carbons (Fsp3) is 0.455. The van der Waals surface area contributed by atoms with Gasteiger partial charge in [-0.25, -0.2) is 4.39 Å². The first-order valence-corrected chi connectivity index (χ1v) is 4.54. The minimum atomic E-state index is -0.360. The summed E-state index contributed by atoms with van der Waals surface area (Å²) in [7, 11) is 1.46. The van der Waals surface area contributed by atoms with E-state index in [4.69, 9.17) is 10.5 Å². The number of ether oxygens (including phenoxy) is 1. The lowest BCUT2D eigenvalue weighted by Gasteiger charge is -2.20. The Labute approximate surface area is 83.9 Å². The third kappa shape index (κ3) is 2.70. The van der Waals surface area contributed by atoms with Crippen LogP contribution in [-0.4, -0.2) is 12.6 Å². The highest BCUT2D eigenvalue weighted by atomic mass is 19.1. The molecule has 0 heterocycles. The Morgan fingerprint density at radius 3 is 2.57 bits per heavy atom. The van der Waals surface area contributed by atoms with Gasteiger partial charge in [-0.05, 0) is 31.9 Å². The van der Waals surface area contributed by atoms with Crippen LogP contribution in [0.25, 0.3) is 0 Å². The molecule has 0 bridgehead atoms.